The van der Waals surface area contributed by atoms with Gasteiger partial charge in [-0.05, 0) is 30.9 Å². The van der Waals surface area contributed by atoms with Crippen LogP contribution in [0.1, 0.15) is 32.1 Å². The molecule has 1 aliphatic carbocycles. The lowest BCUT2D eigenvalue weighted by Gasteiger charge is -2.34. The van der Waals surface area contributed by atoms with Crippen molar-refractivity contribution in [2.24, 2.45) is 5.92 Å². The number of nitrogen functional groups attached to an aromatic ring is 1. The summed E-state index contributed by atoms with van der Waals surface area (Å²) in [6.07, 6.45) is 6.31. The highest BCUT2D eigenvalue weighted by molar-refractivity contribution is 6.01. The van der Waals surface area contributed by atoms with Crippen molar-refractivity contribution in [2.45, 2.75) is 32.1 Å². The van der Waals surface area contributed by atoms with Crippen molar-refractivity contribution < 1.29 is 9.53 Å². The van der Waals surface area contributed by atoms with E-state index >= 15 is 0 Å². The average Bonchev–Trinajstić information content (AvgIpc) is 2.43. The molecule has 0 saturated heterocycles. The van der Waals surface area contributed by atoms with Crippen LogP contribution in [0.2, 0.25) is 0 Å². The Morgan fingerprint density at radius 1 is 1.26 bits per heavy atom. The summed E-state index contributed by atoms with van der Waals surface area (Å²) >= 11 is 0. The van der Waals surface area contributed by atoms with Gasteiger partial charge in [-0.1, -0.05) is 25.3 Å². The van der Waals surface area contributed by atoms with E-state index in [9.17, 15) is 4.79 Å². The van der Waals surface area contributed by atoms with Gasteiger partial charge in [0.25, 0.3) is 5.91 Å². The largest absolute Gasteiger partial charge is 0.481 e. The second-order valence-corrected chi connectivity index (χ2v) is 5.49. The number of amides is 1. The Kier molecular flexibility index (Phi) is 3.32. The standard InChI is InChI=1S/C15H20N2O2/c16-12-7-4-8-13-15(12)17(14(18)10-19-13)9-11-5-2-1-3-6-11/h4,7-8,11H,1-3,5-6,9-10,16H2. The lowest BCUT2D eigenvalue weighted by Crippen LogP contribution is -2.42. The van der Waals surface area contributed by atoms with E-state index in [0.29, 0.717) is 11.6 Å². The summed E-state index contributed by atoms with van der Waals surface area (Å²) in [7, 11) is 0. The van der Waals surface area contributed by atoms with Gasteiger partial charge in [0.2, 0.25) is 0 Å². The lowest BCUT2D eigenvalue weighted by molar-refractivity contribution is -0.121. The fourth-order valence-electron chi connectivity index (χ4n) is 3.11. The highest BCUT2D eigenvalue weighted by Gasteiger charge is 2.29. The number of para-hydroxylation sites is 1. The molecule has 4 nitrogen and oxygen atoms in total. The van der Waals surface area contributed by atoms with Crippen molar-refractivity contribution in [2.75, 3.05) is 23.8 Å². The van der Waals surface area contributed by atoms with E-state index in [1.807, 2.05) is 23.1 Å². The summed E-state index contributed by atoms with van der Waals surface area (Å²) < 4.78 is 5.46. The number of hydrogen-bond acceptors (Lipinski definition) is 3. The van der Waals surface area contributed by atoms with E-state index in [4.69, 9.17) is 10.5 Å². The van der Waals surface area contributed by atoms with E-state index in [-0.39, 0.29) is 12.5 Å². The fraction of sp³-hybridized carbons (Fsp3) is 0.533. The molecule has 1 aliphatic heterocycles. The quantitative estimate of drug-likeness (QED) is 0.831. The van der Waals surface area contributed by atoms with Crippen LogP contribution in [0.4, 0.5) is 11.4 Å². The molecule has 1 fully saturated rings. The zero-order chi connectivity index (χ0) is 13.2. The fourth-order valence-corrected chi connectivity index (χ4v) is 3.11. The Morgan fingerprint density at radius 3 is 2.84 bits per heavy atom. The van der Waals surface area contributed by atoms with Gasteiger partial charge in [-0.3, -0.25) is 4.79 Å². The number of ether oxygens (including phenoxy) is 1. The van der Waals surface area contributed by atoms with E-state index in [0.717, 1.165) is 18.0 Å². The van der Waals surface area contributed by atoms with E-state index in [2.05, 4.69) is 0 Å². The van der Waals surface area contributed by atoms with Crippen molar-refractivity contribution in [3.05, 3.63) is 18.2 Å². The monoisotopic (exact) mass is 260 g/mol. The zero-order valence-corrected chi connectivity index (χ0v) is 11.1. The molecule has 0 aromatic heterocycles. The number of fused-ring (bicyclic) bond motifs is 1. The zero-order valence-electron chi connectivity index (χ0n) is 11.1. The van der Waals surface area contributed by atoms with Crippen LogP contribution >= 0.6 is 0 Å². The number of carbonyl (C=O) groups excluding carboxylic acids is 1. The van der Waals surface area contributed by atoms with Crippen LogP contribution in [-0.2, 0) is 4.79 Å². The average molecular weight is 260 g/mol. The molecule has 0 spiro atoms. The number of hydrogen-bond donors (Lipinski definition) is 1. The number of anilines is 2. The van der Waals surface area contributed by atoms with Crippen LogP contribution in [0, 0.1) is 5.92 Å². The highest BCUT2D eigenvalue weighted by Crippen LogP contribution is 2.38. The smallest absolute Gasteiger partial charge is 0.265 e. The Morgan fingerprint density at radius 2 is 2.05 bits per heavy atom. The van der Waals surface area contributed by atoms with Gasteiger partial charge in [-0.2, -0.15) is 0 Å². The van der Waals surface area contributed by atoms with Crippen molar-refractivity contribution in [1.29, 1.82) is 0 Å². The van der Waals surface area contributed by atoms with Crippen LogP contribution in [0.3, 0.4) is 0 Å². The topological polar surface area (TPSA) is 55.6 Å². The molecular weight excluding hydrogens is 240 g/mol. The first kappa shape index (κ1) is 12.3. The summed E-state index contributed by atoms with van der Waals surface area (Å²) in [4.78, 5) is 14.0. The SMILES string of the molecule is Nc1cccc2c1N(CC1CCCCC1)C(=O)CO2. The number of nitrogens with two attached hydrogens (primary N) is 1. The van der Waals surface area contributed by atoms with Crippen molar-refractivity contribution in [3.63, 3.8) is 0 Å². The molecule has 0 radical (unpaired) electrons. The molecule has 1 aromatic carbocycles. The summed E-state index contributed by atoms with van der Waals surface area (Å²) in [6.45, 7) is 0.909. The Hall–Kier alpha value is -1.71. The number of carbonyl (C=O) groups is 1. The first-order valence-corrected chi connectivity index (χ1v) is 7.07. The predicted molar refractivity (Wildman–Crippen MR) is 75.3 cm³/mol. The molecule has 0 unspecified atom stereocenters. The Bertz CT molecular complexity index is 481. The summed E-state index contributed by atoms with van der Waals surface area (Å²) in [5.74, 6) is 1.36. The molecule has 1 heterocycles. The van der Waals surface area contributed by atoms with Gasteiger partial charge in [0.15, 0.2) is 6.61 Å². The van der Waals surface area contributed by atoms with Gasteiger partial charge < -0.3 is 15.4 Å². The van der Waals surface area contributed by atoms with Crippen molar-refractivity contribution >= 4 is 17.3 Å². The summed E-state index contributed by atoms with van der Waals surface area (Å²) in [6, 6.07) is 5.57. The summed E-state index contributed by atoms with van der Waals surface area (Å²) in [5.41, 5.74) is 7.42. The third-order valence-corrected chi connectivity index (χ3v) is 4.12. The molecule has 2 aliphatic rings. The molecule has 1 aromatic rings. The Labute approximate surface area is 113 Å². The van der Waals surface area contributed by atoms with Gasteiger partial charge in [-0.25, -0.2) is 0 Å². The molecule has 102 valence electrons. The van der Waals surface area contributed by atoms with Crippen LogP contribution in [0.25, 0.3) is 0 Å². The minimum atomic E-state index is 0.0240. The number of nitrogens with zero attached hydrogens (tertiary/aromatic N) is 1. The normalized spacial score (nSPS) is 20.0. The first-order chi connectivity index (χ1) is 9.25. The molecule has 1 amide bonds. The third kappa shape index (κ3) is 2.39. The van der Waals surface area contributed by atoms with E-state index < -0.39 is 0 Å². The predicted octanol–water partition coefficient (Wildman–Crippen LogP) is 2.57. The van der Waals surface area contributed by atoms with Gasteiger partial charge >= 0.3 is 0 Å². The Balaban J connectivity index is 1.86. The maximum atomic E-state index is 12.1. The molecule has 1 saturated carbocycles. The minimum Gasteiger partial charge on any atom is -0.481 e. The van der Waals surface area contributed by atoms with E-state index in [1.165, 1.54) is 32.1 Å². The maximum Gasteiger partial charge on any atom is 0.265 e. The molecular formula is C15H20N2O2. The van der Waals surface area contributed by atoms with Gasteiger partial charge in [0.05, 0.1) is 5.69 Å². The van der Waals surface area contributed by atoms with Crippen molar-refractivity contribution in [1.82, 2.24) is 0 Å². The molecule has 19 heavy (non-hydrogen) atoms. The van der Waals surface area contributed by atoms with Crippen LogP contribution in [0.15, 0.2) is 18.2 Å². The molecule has 4 heteroatoms. The van der Waals surface area contributed by atoms with Gasteiger partial charge in [-0.15, -0.1) is 0 Å². The molecule has 0 atom stereocenters. The lowest BCUT2D eigenvalue weighted by atomic mass is 9.88. The van der Waals surface area contributed by atoms with Crippen LogP contribution in [0.5, 0.6) is 5.75 Å². The van der Waals surface area contributed by atoms with E-state index in [1.54, 1.807) is 0 Å². The second-order valence-electron chi connectivity index (χ2n) is 5.49. The minimum absolute atomic E-state index is 0.0240. The first-order valence-electron chi connectivity index (χ1n) is 7.07. The molecule has 0 bridgehead atoms. The van der Waals surface area contributed by atoms with Crippen LogP contribution in [-0.4, -0.2) is 19.1 Å². The van der Waals surface area contributed by atoms with Gasteiger partial charge in [0.1, 0.15) is 11.4 Å². The second kappa shape index (κ2) is 5.11. The number of rotatable bonds is 2. The number of benzene rings is 1. The molecule has 2 N–H and O–H groups in total. The van der Waals surface area contributed by atoms with Crippen molar-refractivity contribution in [3.8, 4) is 5.75 Å². The van der Waals surface area contributed by atoms with Crippen LogP contribution < -0.4 is 15.4 Å². The molecule has 3 rings (SSSR count). The third-order valence-electron chi connectivity index (χ3n) is 4.12. The highest BCUT2D eigenvalue weighted by atomic mass is 16.5. The summed E-state index contributed by atoms with van der Waals surface area (Å²) in [5, 5.41) is 0. The van der Waals surface area contributed by atoms with Gasteiger partial charge in [0, 0.05) is 6.54 Å². The maximum absolute atomic E-state index is 12.1.